The quantitative estimate of drug-likeness (QED) is 0.842. The number of hydrogen-bond acceptors (Lipinski definition) is 3. The Labute approximate surface area is 97.3 Å². The van der Waals surface area contributed by atoms with Crippen LogP contribution in [0, 0.1) is 0 Å². The predicted molar refractivity (Wildman–Crippen MR) is 61.4 cm³/mol. The molecule has 16 heavy (non-hydrogen) atoms. The molecule has 84 valence electrons. The van der Waals surface area contributed by atoms with E-state index in [0.717, 1.165) is 0 Å². The van der Waals surface area contributed by atoms with Crippen molar-refractivity contribution in [1.29, 1.82) is 0 Å². The Bertz CT molecular complexity index is 407. The Kier molecular flexibility index (Phi) is 3.14. The maximum absolute atomic E-state index is 12.0. The van der Waals surface area contributed by atoms with Crippen molar-refractivity contribution in [2.75, 3.05) is 11.6 Å². The summed E-state index contributed by atoms with van der Waals surface area (Å²) in [6.07, 6.45) is 0. The van der Waals surface area contributed by atoms with Crippen LogP contribution in [0.25, 0.3) is 0 Å². The average Bonchev–Trinajstić information content (AvgIpc) is 2.78. The van der Waals surface area contributed by atoms with E-state index in [1.54, 1.807) is 24.3 Å². The van der Waals surface area contributed by atoms with Gasteiger partial charge in [-0.05, 0) is 12.1 Å². The van der Waals surface area contributed by atoms with Crippen LogP contribution in [-0.4, -0.2) is 39.6 Å². The van der Waals surface area contributed by atoms with Crippen molar-refractivity contribution in [3.05, 3.63) is 35.9 Å². The van der Waals surface area contributed by atoms with Gasteiger partial charge in [-0.1, -0.05) is 18.2 Å². The highest BCUT2D eigenvalue weighted by molar-refractivity contribution is 7.99. The van der Waals surface area contributed by atoms with Gasteiger partial charge in [0.15, 0.2) is 0 Å². The third-order valence-electron chi connectivity index (χ3n) is 2.45. The lowest BCUT2D eigenvalue weighted by Crippen LogP contribution is -2.41. The molecule has 4 nitrogen and oxygen atoms in total. The van der Waals surface area contributed by atoms with E-state index >= 15 is 0 Å². The van der Waals surface area contributed by atoms with Gasteiger partial charge in [-0.3, -0.25) is 4.79 Å². The standard InChI is InChI=1S/C11H11NO3S/c13-10(8-4-2-1-3-5-8)12-7-16-6-9(12)11(14)15/h1-5,9H,6-7H2,(H,14,15)/t9-/m1/s1. The first kappa shape index (κ1) is 11.0. The highest BCUT2D eigenvalue weighted by Gasteiger charge is 2.34. The van der Waals surface area contributed by atoms with E-state index in [1.807, 2.05) is 6.07 Å². The van der Waals surface area contributed by atoms with E-state index in [1.165, 1.54) is 16.7 Å². The topological polar surface area (TPSA) is 57.6 Å². The number of rotatable bonds is 2. The molecule has 0 aromatic heterocycles. The van der Waals surface area contributed by atoms with Crippen LogP contribution in [0.3, 0.4) is 0 Å². The number of benzene rings is 1. The van der Waals surface area contributed by atoms with Gasteiger partial charge < -0.3 is 10.0 Å². The van der Waals surface area contributed by atoms with Crippen molar-refractivity contribution < 1.29 is 14.7 Å². The summed E-state index contributed by atoms with van der Waals surface area (Å²) in [5, 5.41) is 8.97. The first-order valence-corrected chi connectivity index (χ1v) is 6.02. The maximum atomic E-state index is 12.0. The second-order valence-electron chi connectivity index (χ2n) is 3.49. The van der Waals surface area contributed by atoms with Gasteiger partial charge in [-0.15, -0.1) is 11.8 Å². The van der Waals surface area contributed by atoms with Gasteiger partial charge in [0.1, 0.15) is 6.04 Å². The van der Waals surface area contributed by atoms with Crippen LogP contribution in [0.5, 0.6) is 0 Å². The molecule has 1 atom stereocenters. The molecule has 1 fully saturated rings. The summed E-state index contributed by atoms with van der Waals surface area (Å²) in [6.45, 7) is 0. The van der Waals surface area contributed by atoms with Gasteiger partial charge in [0.25, 0.3) is 5.91 Å². The third kappa shape index (κ3) is 2.04. The molecule has 1 saturated heterocycles. The van der Waals surface area contributed by atoms with Crippen LogP contribution in [0.1, 0.15) is 10.4 Å². The van der Waals surface area contributed by atoms with Crippen LogP contribution < -0.4 is 0 Å². The molecule has 1 amide bonds. The summed E-state index contributed by atoms with van der Waals surface area (Å²) < 4.78 is 0. The molecule has 0 unspecified atom stereocenters. The van der Waals surface area contributed by atoms with E-state index in [9.17, 15) is 9.59 Å². The molecule has 2 rings (SSSR count). The number of thioether (sulfide) groups is 1. The number of carboxylic acid groups (broad SMARTS) is 1. The number of carbonyl (C=O) groups excluding carboxylic acids is 1. The van der Waals surface area contributed by atoms with E-state index in [0.29, 0.717) is 17.2 Å². The number of carboxylic acids is 1. The van der Waals surface area contributed by atoms with Crippen LogP contribution in [0.15, 0.2) is 30.3 Å². The molecule has 1 aromatic carbocycles. The zero-order valence-electron chi connectivity index (χ0n) is 8.50. The second kappa shape index (κ2) is 4.57. The van der Waals surface area contributed by atoms with E-state index < -0.39 is 12.0 Å². The van der Waals surface area contributed by atoms with Crippen LogP contribution in [-0.2, 0) is 4.79 Å². The van der Waals surface area contributed by atoms with Crippen molar-refractivity contribution in [2.45, 2.75) is 6.04 Å². The summed E-state index contributed by atoms with van der Waals surface area (Å²) in [5.41, 5.74) is 0.538. The SMILES string of the molecule is O=C(O)[C@H]1CSCN1C(=O)c1ccccc1. The highest BCUT2D eigenvalue weighted by Crippen LogP contribution is 2.23. The van der Waals surface area contributed by atoms with Crippen molar-refractivity contribution in [1.82, 2.24) is 4.90 Å². The summed E-state index contributed by atoms with van der Waals surface area (Å²) in [6, 6.07) is 8.06. The minimum Gasteiger partial charge on any atom is -0.480 e. The van der Waals surface area contributed by atoms with Crippen molar-refractivity contribution in [2.24, 2.45) is 0 Å². The lowest BCUT2D eigenvalue weighted by molar-refractivity contribution is -0.140. The van der Waals surface area contributed by atoms with Gasteiger partial charge in [-0.2, -0.15) is 0 Å². The Balaban J connectivity index is 2.19. The minimum absolute atomic E-state index is 0.210. The zero-order chi connectivity index (χ0) is 11.5. The fourth-order valence-corrected chi connectivity index (χ4v) is 2.74. The molecule has 1 N–H and O–H groups in total. The minimum atomic E-state index is -0.936. The van der Waals surface area contributed by atoms with Crippen LogP contribution in [0.4, 0.5) is 0 Å². The van der Waals surface area contributed by atoms with Crippen LogP contribution in [0.2, 0.25) is 0 Å². The zero-order valence-corrected chi connectivity index (χ0v) is 9.31. The number of hydrogen-bond donors (Lipinski definition) is 1. The molecule has 0 bridgehead atoms. The Morgan fingerprint density at radius 1 is 1.31 bits per heavy atom. The first-order valence-electron chi connectivity index (χ1n) is 4.86. The number of nitrogens with zero attached hydrogens (tertiary/aromatic N) is 1. The summed E-state index contributed by atoms with van der Waals surface area (Å²) in [5.74, 6) is -0.231. The van der Waals surface area contributed by atoms with Gasteiger partial charge in [-0.25, -0.2) is 4.79 Å². The lowest BCUT2D eigenvalue weighted by atomic mass is 10.2. The monoisotopic (exact) mass is 237 g/mol. The second-order valence-corrected chi connectivity index (χ2v) is 4.49. The number of amides is 1. The van der Waals surface area contributed by atoms with Crippen molar-refractivity contribution >= 4 is 23.6 Å². The molecule has 1 heterocycles. The highest BCUT2D eigenvalue weighted by atomic mass is 32.2. The molecular weight excluding hydrogens is 226 g/mol. The Morgan fingerprint density at radius 3 is 2.62 bits per heavy atom. The molecule has 1 aliphatic rings. The molecule has 0 spiro atoms. The summed E-state index contributed by atoms with van der Waals surface area (Å²) in [7, 11) is 0. The van der Waals surface area contributed by atoms with E-state index in [4.69, 9.17) is 5.11 Å². The van der Waals surface area contributed by atoms with Crippen molar-refractivity contribution in [3.63, 3.8) is 0 Å². The fourth-order valence-electron chi connectivity index (χ4n) is 1.59. The van der Waals surface area contributed by atoms with Gasteiger partial charge in [0.05, 0.1) is 5.88 Å². The third-order valence-corrected chi connectivity index (χ3v) is 3.46. The Hall–Kier alpha value is -1.49. The van der Waals surface area contributed by atoms with Crippen molar-refractivity contribution in [3.8, 4) is 0 Å². The van der Waals surface area contributed by atoms with Crippen LogP contribution >= 0.6 is 11.8 Å². The van der Waals surface area contributed by atoms with Gasteiger partial charge in [0.2, 0.25) is 0 Å². The largest absolute Gasteiger partial charge is 0.480 e. The molecular formula is C11H11NO3S. The molecule has 1 aliphatic heterocycles. The molecule has 5 heteroatoms. The summed E-state index contributed by atoms with van der Waals surface area (Å²) >= 11 is 1.47. The Morgan fingerprint density at radius 2 is 2.00 bits per heavy atom. The summed E-state index contributed by atoms with van der Waals surface area (Å²) in [4.78, 5) is 24.4. The molecule has 0 radical (unpaired) electrons. The van der Waals surface area contributed by atoms with Gasteiger partial charge in [0, 0.05) is 11.3 Å². The average molecular weight is 237 g/mol. The van der Waals surface area contributed by atoms with E-state index in [-0.39, 0.29) is 5.91 Å². The number of aliphatic carboxylic acids is 1. The van der Waals surface area contributed by atoms with E-state index in [2.05, 4.69) is 0 Å². The predicted octanol–water partition coefficient (Wildman–Crippen LogP) is 1.29. The molecule has 0 saturated carbocycles. The van der Waals surface area contributed by atoms with Gasteiger partial charge >= 0.3 is 5.97 Å². The smallest absolute Gasteiger partial charge is 0.327 e. The fraction of sp³-hybridized carbons (Fsp3) is 0.273. The number of carbonyl (C=O) groups is 2. The molecule has 1 aromatic rings. The molecule has 0 aliphatic carbocycles. The maximum Gasteiger partial charge on any atom is 0.327 e. The normalized spacial score (nSPS) is 19.8. The lowest BCUT2D eigenvalue weighted by Gasteiger charge is -2.20. The first-order chi connectivity index (χ1) is 7.70.